The van der Waals surface area contributed by atoms with Gasteiger partial charge in [-0.15, -0.1) is 0 Å². The molecule has 27 heteroatoms. The first-order valence-electron chi connectivity index (χ1n) is 41.1. The second kappa shape index (κ2) is 34.0. The first-order valence-corrected chi connectivity index (χ1v) is 41.5. The number of nitrogens with one attached hydrogen (secondary N) is 1. The molecule has 3 aliphatic carbocycles. The van der Waals surface area contributed by atoms with Crippen LogP contribution >= 0.6 is 11.6 Å². The van der Waals surface area contributed by atoms with Gasteiger partial charge in [0, 0.05) is 97.4 Å². The van der Waals surface area contributed by atoms with Crippen molar-refractivity contribution in [3.63, 3.8) is 0 Å². The molecule has 0 spiro atoms. The average Bonchev–Trinajstić information content (AvgIpc) is 1.07. The van der Waals surface area contributed by atoms with Crippen molar-refractivity contribution >= 4 is 132 Å². The molecule has 5 aliphatic rings. The number of methoxy groups -OCH3 is 1. The Kier molecular flexibility index (Phi) is 23.0. The highest BCUT2D eigenvalue weighted by atomic mass is 35.5. The zero-order valence-corrected chi connectivity index (χ0v) is 71.9. The standard InChI is InChI=1S/C25H24O3.C20H21NO5.C15H10F2O4.C15H9NO3.C15H12O4.C13H7ClO3/c1-15-18-6-4-16(8-20(18)19-7-5-17(26)9-21(19)28-15)24-11-25(12-24,13-24)22-10-23(2,3)14-27-22;1-11(2)9-16(19(23)24)21-10-15-17(22)8-7-13-12-5-3-4-6-14(12)20(25)26-18(13)15;1-15(16,17)11-5-9-8-3-2-7(18)4-10(8)14(20)21-13(9)6-12(11)19;1-8-2-3-10-11-5-9(7-16)13(17)6-14(11)19-15(18)12(10)4-8;1-8-3-4-9-10-7-14(18-2)12(16)6-11(10)15(17)19-13(9)5-8;14-10-5-9-7-3-1-2-4-8(7)13(16)17-12(9)6-11(10)15/h4-10,26H,1,11-14H2,2-3H3;3-8,11,16,21-22H,9-10H2,1-2H3,(H,23,24);2-6,18-19H,1H3;2-6,17H,1H3;3-7,16H,1-2H3;1-6,15H/t;16-;;;;/m.0..../s1. The van der Waals surface area contributed by atoms with Gasteiger partial charge < -0.3 is 82.5 Å². The van der Waals surface area contributed by atoms with Crippen LogP contribution in [0.5, 0.6) is 51.7 Å². The largest absolute Gasteiger partial charge is 0.508 e. The van der Waals surface area contributed by atoms with Crippen molar-refractivity contribution in [3.8, 4) is 68.9 Å². The van der Waals surface area contributed by atoms with Gasteiger partial charge in [-0.3, -0.25) is 4.79 Å². The Morgan fingerprint density at radius 2 is 1.05 bits per heavy atom. The number of carbonyl (C=O) groups is 1. The van der Waals surface area contributed by atoms with Gasteiger partial charge >= 0.3 is 34.1 Å². The summed E-state index contributed by atoms with van der Waals surface area (Å²) in [4.78, 5) is 71.1. The number of carboxylic acid groups (broad SMARTS) is 1. The highest BCUT2D eigenvalue weighted by Gasteiger charge is 2.71. The lowest BCUT2D eigenvalue weighted by atomic mass is 9.33. The third-order valence-corrected chi connectivity index (χ3v) is 24.0. The number of nitrogens with zero attached hydrogens (tertiary/aromatic N) is 1. The van der Waals surface area contributed by atoms with E-state index in [-0.39, 0.29) is 101 Å². The van der Waals surface area contributed by atoms with Gasteiger partial charge in [-0.1, -0.05) is 124 Å². The fourth-order valence-corrected chi connectivity index (χ4v) is 17.6. The van der Waals surface area contributed by atoms with E-state index in [1.54, 1.807) is 60.7 Å². The minimum Gasteiger partial charge on any atom is -0.508 e. The molecule has 3 fully saturated rings. The second-order valence-corrected chi connectivity index (χ2v) is 34.5. The highest BCUT2D eigenvalue weighted by molar-refractivity contribution is 6.33. The number of benzene rings is 12. The molecule has 130 heavy (non-hydrogen) atoms. The topological polar surface area (TPSA) is 393 Å². The average molecular weight is 1770 g/mol. The molecular weight excluding hydrogens is 1690 g/mol. The van der Waals surface area contributed by atoms with Gasteiger partial charge in [0.15, 0.2) is 11.5 Å². The van der Waals surface area contributed by atoms with Crippen LogP contribution in [0, 0.1) is 41.9 Å². The number of allylic oxidation sites excluding steroid dienone is 1. The summed E-state index contributed by atoms with van der Waals surface area (Å²) in [5.41, 5.74) is 6.15. The van der Waals surface area contributed by atoms with Crippen molar-refractivity contribution in [1.29, 1.82) is 5.26 Å². The summed E-state index contributed by atoms with van der Waals surface area (Å²) in [6.45, 7) is 17.8. The van der Waals surface area contributed by atoms with Crippen LogP contribution in [0.1, 0.15) is 99.2 Å². The van der Waals surface area contributed by atoms with E-state index in [0.29, 0.717) is 101 Å². The maximum absolute atomic E-state index is 13.5. The number of phenolic OH excluding ortho intramolecular Hbond substituents is 7. The number of hydrogen-bond acceptors (Lipinski definition) is 23. The number of rotatable bonds is 10. The summed E-state index contributed by atoms with van der Waals surface area (Å²) in [5.74, 6) is -2.08. The van der Waals surface area contributed by atoms with Crippen molar-refractivity contribution in [2.24, 2.45) is 16.7 Å². The third-order valence-electron chi connectivity index (χ3n) is 23.7. The van der Waals surface area contributed by atoms with Gasteiger partial charge in [0.05, 0.1) is 68.1 Å². The lowest BCUT2D eigenvalue weighted by molar-refractivity contribution is -0.140. The molecule has 7 heterocycles. The van der Waals surface area contributed by atoms with E-state index in [1.165, 1.54) is 86.2 Å². The Bertz CT molecular complexity index is 7990. The number of alkyl halides is 2. The van der Waals surface area contributed by atoms with E-state index in [1.807, 2.05) is 94.4 Å². The summed E-state index contributed by atoms with van der Waals surface area (Å²) in [6.07, 6.45) is 6.35. The van der Waals surface area contributed by atoms with Gasteiger partial charge in [0.25, 0.3) is 5.92 Å². The molecule has 0 unspecified atom stereocenters. The van der Waals surface area contributed by atoms with Gasteiger partial charge in [-0.25, -0.2) is 32.8 Å². The lowest BCUT2D eigenvalue weighted by Gasteiger charge is -2.71. The van der Waals surface area contributed by atoms with Crippen molar-refractivity contribution in [1.82, 2.24) is 5.32 Å². The van der Waals surface area contributed by atoms with Crippen LogP contribution in [0.4, 0.5) is 8.78 Å². The molecule has 2 bridgehead atoms. The molecule has 5 aromatic heterocycles. The Hall–Kier alpha value is -15.5. The summed E-state index contributed by atoms with van der Waals surface area (Å²) in [5, 5.41) is 97.8. The number of halogens is 3. The highest BCUT2D eigenvalue weighted by Crippen LogP contribution is 2.77. The fraction of sp³-hybridized carbons (Fsp3) is 0.194. The number of ether oxygens (including phenoxy) is 3. The van der Waals surface area contributed by atoms with E-state index in [2.05, 4.69) is 50.0 Å². The molecule has 9 N–H and O–H groups in total. The molecule has 0 radical (unpaired) electrons. The van der Waals surface area contributed by atoms with Gasteiger partial charge in [-0.05, 0) is 193 Å². The van der Waals surface area contributed by atoms with E-state index < -0.39 is 57.4 Å². The van der Waals surface area contributed by atoms with Crippen molar-refractivity contribution in [2.45, 2.75) is 98.1 Å². The van der Waals surface area contributed by atoms with E-state index in [4.69, 9.17) is 53.2 Å². The number of aryl methyl sites for hydroxylation is 2. The quantitative estimate of drug-likeness (QED) is 0.0453. The van der Waals surface area contributed by atoms with Gasteiger partial charge in [0.1, 0.15) is 86.0 Å². The number of carboxylic acids is 1. The molecule has 0 saturated heterocycles. The first kappa shape index (κ1) is 88.0. The van der Waals surface area contributed by atoms with Crippen molar-refractivity contribution in [3.05, 3.63) is 315 Å². The Morgan fingerprint density at radius 1 is 0.531 bits per heavy atom. The third kappa shape index (κ3) is 16.8. The van der Waals surface area contributed by atoms with E-state index in [0.717, 1.165) is 62.7 Å². The summed E-state index contributed by atoms with van der Waals surface area (Å²) >= 11 is 5.86. The van der Waals surface area contributed by atoms with E-state index >= 15 is 0 Å². The molecule has 24 nitrogen and oxygen atoms in total. The van der Waals surface area contributed by atoms with Crippen LogP contribution < -0.4 is 42.9 Å². The second-order valence-electron chi connectivity index (χ2n) is 34.1. The van der Waals surface area contributed by atoms with Crippen molar-refractivity contribution < 1.29 is 90.7 Å². The van der Waals surface area contributed by atoms with Gasteiger partial charge in [0.2, 0.25) is 0 Å². The molecule has 0 amide bonds. The number of hydrogen-bond donors (Lipinski definition) is 9. The van der Waals surface area contributed by atoms with Crippen LogP contribution in [0.15, 0.2) is 265 Å². The van der Waals surface area contributed by atoms with Crippen LogP contribution in [0.2, 0.25) is 5.02 Å². The Labute approximate surface area is 741 Å². The normalized spacial score (nSPS) is 15.8. The predicted molar refractivity (Wildman–Crippen MR) is 492 cm³/mol. The Balaban J connectivity index is 0.000000115. The molecule has 12 aromatic carbocycles. The summed E-state index contributed by atoms with van der Waals surface area (Å²) in [6, 6.07) is 56.6. The maximum atomic E-state index is 13.5. The van der Waals surface area contributed by atoms with Gasteiger partial charge in [-0.2, -0.15) is 5.26 Å². The SMILES string of the molecule is C=C1Oc2cc(O)ccc2-c2cc(C34CC(C5=CC(C)(C)CO5)(C3)C4)ccc21.CC(C)C[C@H](NCc1c(O)ccc2c1oc(=O)c1ccccc12)C(=O)O.CC(F)(F)c1cc2c(cc1O)oc(=O)c1cc(O)ccc12.COc1cc2c(cc1O)c(=O)oc1cc(C)ccc12.Cc1ccc2c(c1)c(=O)oc1cc(O)c(C#N)cc12.O=c1oc2cc(O)c(Cl)cc2c2ccccc12. The van der Waals surface area contributed by atoms with E-state index in [9.17, 15) is 78.4 Å². The zero-order valence-electron chi connectivity index (χ0n) is 71.1. The summed E-state index contributed by atoms with van der Waals surface area (Å²) < 4.78 is 70.0. The molecule has 22 rings (SSSR count). The van der Waals surface area contributed by atoms with Crippen LogP contribution in [-0.2, 0) is 27.4 Å². The maximum Gasteiger partial charge on any atom is 0.344 e. The summed E-state index contributed by atoms with van der Waals surface area (Å²) in [7, 11) is 1.47. The minimum atomic E-state index is -3.24. The minimum absolute atomic E-state index is 0.00342. The molecule has 17 aromatic rings. The molecular formula is C103H83ClF2N2O22. The first-order chi connectivity index (χ1) is 61.8. The van der Waals surface area contributed by atoms with Crippen molar-refractivity contribution in [2.75, 3.05) is 13.7 Å². The fourth-order valence-electron chi connectivity index (χ4n) is 17.4. The lowest BCUT2D eigenvalue weighted by Crippen LogP contribution is -2.65. The number of aromatic hydroxyl groups is 7. The molecule has 1 atom stereocenters. The monoisotopic (exact) mass is 1770 g/mol. The van der Waals surface area contributed by atoms with Crippen LogP contribution in [-0.4, -0.2) is 66.6 Å². The molecule has 658 valence electrons. The number of phenols is 7. The number of fused-ring (bicyclic) bond motifs is 18. The number of aliphatic carboxylic acids is 1. The molecule has 2 aliphatic heterocycles. The van der Waals surface area contributed by atoms with Crippen LogP contribution in [0.3, 0.4) is 0 Å². The smallest absolute Gasteiger partial charge is 0.344 e. The number of nitriles is 1. The Morgan fingerprint density at radius 3 is 1.65 bits per heavy atom. The predicted octanol–water partition coefficient (Wildman–Crippen LogP) is 21.6. The molecule has 3 saturated carbocycles. The zero-order chi connectivity index (χ0) is 92.6. The van der Waals surface area contributed by atoms with Crippen LogP contribution in [0.25, 0.3) is 126 Å².